The Bertz CT molecular complexity index is 388. The van der Waals surface area contributed by atoms with E-state index in [1.54, 1.807) is 0 Å². The number of hydrogen-bond acceptors (Lipinski definition) is 3. The Morgan fingerprint density at radius 3 is 2.72 bits per heavy atom. The molecule has 3 heteroatoms. The molecule has 0 spiro atoms. The molecule has 0 heterocycles. The predicted octanol–water partition coefficient (Wildman–Crippen LogP) is 1.64. The van der Waals surface area contributed by atoms with Crippen molar-refractivity contribution in [3.63, 3.8) is 0 Å². The zero-order chi connectivity index (χ0) is 13.0. The highest BCUT2D eigenvalue weighted by Crippen LogP contribution is 2.30. The Morgan fingerprint density at radius 1 is 1.28 bits per heavy atom. The first kappa shape index (κ1) is 13.5. The van der Waals surface area contributed by atoms with Gasteiger partial charge in [0.1, 0.15) is 0 Å². The van der Waals surface area contributed by atoms with E-state index in [2.05, 4.69) is 29.6 Å². The summed E-state index contributed by atoms with van der Waals surface area (Å²) in [4.78, 5) is 0. The summed E-state index contributed by atoms with van der Waals surface area (Å²) in [5.74, 6) is 0. The molecule has 100 valence electrons. The lowest BCUT2D eigenvalue weighted by atomic mass is 9.86. The summed E-state index contributed by atoms with van der Waals surface area (Å²) in [6.07, 6.45) is 3.49. The van der Waals surface area contributed by atoms with Crippen molar-refractivity contribution >= 4 is 0 Å². The molecule has 18 heavy (non-hydrogen) atoms. The van der Waals surface area contributed by atoms with Crippen LogP contribution < -0.4 is 5.32 Å². The average molecular weight is 249 g/mol. The van der Waals surface area contributed by atoms with Crippen molar-refractivity contribution in [2.24, 2.45) is 5.41 Å². The van der Waals surface area contributed by atoms with E-state index in [4.69, 9.17) is 0 Å². The fraction of sp³-hybridized carbons (Fsp3) is 0.600. The number of benzene rings is 1. The third-order valence-electron chi connectivity index (χ3n) is 3.91. The monoisotopic (exact) mass is 249 g/mol. The summed E-state index contributed by atoms with van der Waals surface area (Å²) in [6.45, 7) is 2.55. The summed E-state index contributed by atoms with van der Waals surface area (Å²) >= 11 is 0. The molecule has 0 fully saturated rings. The molecular weight excluding hydrogens is 226 g/mol. The summed E-state index contributed by atoms with van der Waals surface area (Å²) in [6, 6.07) is 8.90. The maximum absolute atomic E-state index is 9.31. The summed E-state index contributed by atoms with van der Waals surface area (Å²) in [5.41, 5.74) is 2.37. The Hall–Kier alpha value is -0.900. The van der Waals surface area contributed by atoms with Crippen LogP contribution in [0.5, 0.6) is 0 Å². The fourth-order valence-electron chi connectivity index (χ4n) is 2.50. The van der Waals surface area contributed by atoms with Gasteiger partial charge in [-0.05, 0) is 30.4 Å². The maximum atomic E-state index is 9.31. The van der Waals surface area contributed by atoms with Gasteiger partial charge in [-0.25, -0.2) is 0 Å². The van der Waals surface area contributed by atoms with Crippen molar-refractivity contribution in [3.8, 4) is 0 Å². The first-order valence-electron chi connectivity index (χ1n) is 6.71. The molecule has 0 saturated carbocycles. The molecule has 1 aliphatic rings. The standard InChI is InChI=1S/C15H23NO2/c1-15(10-17,11-18)9-16-14-8-4-6-12-5-2-3-7-13(12)14/h2-3,5,7,14,16-18H,4,6,8-11H2,1H3. The zero-order valence-corrected chi connectivity index (χ0v) is 11.0. The minimum atomic E-state index is -0.438. The molecule has 1 aromatic carbocycles. The average Bonchev–Trinajstić information content (AvgIpc) is 2.44. The van der Waals surface area contributed by atoms with E-state index in [0.717, 1.165) is 12.8 Å². The van der Waals surface area contributed by atoms with Crippen LogP contribution in [-0.2, 0) is 6.42 Å². The molecule has 1 aromatic rings. The second-order valence-electron chi connectivity index (χ2n) is 5.65. The number of rotatable bonds is 5. The Labute approximate surface area is 109 Å². The van der Waals surface area contributed by atoms with Crippen LogP contribution in [0.15, 0.2) is 24.3 Å². The summed E-state index contributed by atoms with van der Waals surface area (Å²) in [5, 5.41) is 22.1. The Kier molecular flexibility index (Phi) is 4.38. The van der Waals surface area contributed by atoms with Crippen LogP contribution in [0.1, 0.15) is 36.9 Å². The number of aliphatic hydroxyl groups excluding tert-OH is 2. The van der Waals surface area contributed by atoms with Gasteiger partial charge in [0.25, 0.3) is 0 Å². The largest absolute Gasteiger partial charge is 0.396 e. The number of nitrogens with one attached hydrogen (secondary N) is 1. The SMILES string of the molecule is CC(CO)(CO)CNC1CCCc2ccccc21. The minimum Gasteiger partial charge on any atom is -0.396 e. The van der Waals surface area contributed by atoms with Crippen LogP contribution in [-0.4, -0.2) is 30.0 Å². The molecule has 2 rings (SSSR count). The van der Waals surface area contributed by atoms with Gasteiger partial charge in [0, 0.05) is 18.0 Å². The Balaban J connectivity index is 2.03. The molecule has 1 unspecified atom stereocenters. The van der Waals surface area contributed by atoms with Crippen LogP contribution in [0.2, 0.25) is 0 Å². The van der Waals surface area contributed by atoms with Crippen molar-refractivity contribution in [2.75, 3.05) is 19.8 Å². The predicted molar refractivity (Wildman–Crippen MR) is 72.4 cm³/mol. The zero-order valence-electron chi connectivity index (χ0n) is 11.0. The maximum Gasteiger partial charge on any atom is 0.0519 e. The Morgan fingerprint density at radius 2 is 2.00 bits per heavy atom. The van der Waals surface area contributed by atoms with E-state index >= 15 is 0 Å². The number of aliphatic hydroxyl groups is 2. The van der Waals surface area contributed by atoms with E-state index in [1.807, 2.05) is 6.92 Å². The molecule has 0 saturated heterocycles. The van der Waals surface area contributed by atoms with Gasteiger partial charge in [0.05, 0.1) is 13.2 Å². The van der Waals surface area contributed by atoms with Gasteiger partial charge < -0.3 is 15.5 Å². The minimum absolute atomic E-state index is 0.00483. The van der Waals surface area contributed by atoms with Gasteiger partial charge >= 0.3 is 0 Å². The van der Waals surface area contributed by atoms with Crippen molar-refractivity contribution < 1.29 is 10.2 Å². The van der Waals surface area contributed by atoms with Gasteiger partial charge in [-0.15, -0.1) is 0 Å². The highest BCUT2D eigenvalue weighted by molar-refractivity contribution is 5.32. The summed E-state index contributed by atoms with van der Waals surface area (Å²) < 4.78 is 0. The summed E-state index contributed by atoms with van der Waals surface area (Å²) in [7, 11) is 0. The van der Waals surface area contributed by atoms with Gasteiger partial charge in [-0.3, -0.25) is 0 Å². The highest BCUT2D eigenvalue weighted by atomic mass is 16.3. The van der Waals surface area contributed by atoms with E-state index in [0.29, 0.717) is 12.6 Å². The number of aryl methyl sites for hydroxylation is 1. The van der Waals surface area contributed by atoms with Gasteiger partial charge in [0.15, 0.2) is 0 Å². The molecule has 1 atom stereocenters. The highest BCUT2D eigenvalue weighted by Gasteiger charge is 2.25. The van der Waals surface area contributed by atoms with Crippen LogP contribution >= 0.6 is 0 Å². The molecule has 0 aliphatic heterocycles. The molecule has 1 aliphatic carbocycles. The lowest BCUT2D eigenvalue weighted by Crippen LogP contribution is -2.40. The van der Waals surface area contributed by atoms with Crippen molar-refractivity contribution in [3.05, 3.63) is 35.4 Å². The lowest BCUT2D eigenvalue weighted by Gasteiger charge is -2.31. The van der Waals surface area contributed by atoms with E-state index in [9.17, 15) is 10.2 Å². The van der Waals surface area contributed by atoms with E-state index < -0.39 is 5.41 Å². The molecule has 0 amide bonds. The van der Waals surface area contributed by atoms with Gasteiger partial charge in [0.2, 0.25) is 0 Å². The van der Waals surface area contributed by atoms with Crippen LogP contribution in [0.4, 0.5) is 0 Å². The van der Waals surface area contributed by atoms with Crippen molar-refractivity contribution in [1.29, 1.82) is 0 Å². The first-order valence-corrected chi connectivity index (χ1v) is 6.71. The van der Waals surface area contributed by atoms with E-state index in [1.165, 1.54) is 17.5 Å². The fourth-order valence-corrected chi connectivity index (χ4v) is 2.50. The quantitative estimate of drug-likeness (QED) is 0.743. The second kappa shape index (κ2) is 5.83. The second-order valence-corrected chi connectivity index (χ2v) is 5.65. The number of fused-ring (bicyclic) bond motifs is 1. The van der Waals surface area contributed by atoms with Crippen molar-refractivity contribution in [2.45, 2.75) is 32.2 Å². The molecule has 0 bridgehead atoms. The van der Waals surface area contributed by atoms with Gasteiger partial charge in [-0.2, -0.15) is 0 Å². The number of hydrogen-bond donors (Lipinski definition) is 3. The van der Waals surface area contributed by atoms with Gasteiger partial charge in [-0.1, -0.05) is 31.2 Å². The molecule has 3 N–H and O–H groups in total. The van der Waals surface area contributed by atoms with E-state index in [-0.39, 0.29) is 13.2 Å². The van der Waals surface area contributed by atoms with Crippen LogP contribution in [0.25, 0.3) is 0 Å². The lowest BCUT2D eigenvalue weighted by molar-refractivity contribution is 0.0667. The molecule has 3 nitrogen and oxygen atoms in total. The molecule has 0 radical (unpaired) electrons. The third-order valence-corrected chi connectivity index (χ3v) is 3.91. The van der Waals surface area contributed by atoms with Crippen LogP contribution in [0, 0.1) is 5.41 Å². The topological polar surface area (TPSA) is 52.5 Å². The van der Waals surface area contributed by atoms with Crippen molar-refractivity contribution in [1.82, 2.24) is 5.32 Å². The molecular formula is C15H23NO2. The molecule has 0 aromatic heterocycles. The third kappa shape index (κ3) is 2.91. The smallest absolute Gasteiger partial charge is 0.0519 e. The normalized spacial score (nSPS) is 19.6. The van der Waals surface area contributed by atoms with Crippen LogP contribution in [0.3, 0.4) is 0 Å². The first-order chi connectivity index (χ1) is 8.68.